The van der Waals surface area contributed by atoms with E-state index in [4.69, 9.17) is 0 Å². The van der Waals surface area contributed by atoms with Crippen molar-refractivity contribution >= 4 is 34.5 Å². The van der Waals surface area contributed by atoms with Gasteiger partial charge < -0.3 is 10.0 Å². The molecule has 1 aromatic heterocycles. The highest BCUT2D eigenvalue weighted by molar-refractivity contribution is 7.15. The molecule has 1 aromatic rings. The van der Waals surface area contributed by atoms with Gasteiger partial charge in [0, 0.05) is 29.9 Å². The maximum absolute atomic E-state index is 13.9. The minimum atomic E-state index is -2.37. The van der Waals surface area contributed by atoms with Gasteiger partial charge in [0.2, 0.25) is 5.91 Å². The summed E-state index contributed by atoms with van der Waals surface area (Å²) in [4.78, 5) is 30.9. The Morgan fingerprint density at radius 2 is 1.85 bits per heavy atom. The number of amides is 1. The van der Waals surface area contributed by atoms with Crippen molar-refractivity contribution in [1.82, 2.24) is 4.90 Å². The van der Waals surface area contributed by atoms with Crippen molar-refractivity contribution in [1.29, 1.82) is 0 Å². The molecule has 1 saturated heterocycles. The zero-order valence-electron chi connectivity index (χ0n) is 20.0. The molecule has 0 unspecified atom stereocenters. The number of carbonyl (C=O) groups is 2. The molecule has 4 rings (SSSR count). The number of rotatable bonds is 7. The number of anilines is 1. The Morgan fingerprint density at radius 3 is 2.44 bits per heavy atom. The molecule has 2 heterocycles. The molecule has 5 nitrogen and oxygen atoms in total. The van der Waals surface area contributed by atoms with Crippen molar-refractivity contribution in [3.8, 4) is 0 Å². The van der Waals surface area contributed by atoms with E-state index in [-0.39, 0.29) is 29.3 Å². The first-order chi connectivity index (χ1) is 16.3. The average molecular weight is 495 g/mol. The summed E-state index contributed by atoms with van der Waals surface area (Å²) < 4.78 is 25.8. The van der Waals surface area contributed by atoms with E-state index in [0.29, 0.717) is 37.5 Å². The van der Waals surface area contributed by atoms with E-state index < -0.39 is 12.4 Å². The Balaban J connectivity index is 1.65. The molecule has 0 radical (unpaired) electrons. The molecule has 2 aliphatic carbocycles. The van der Waals surface area contributed by atoms with Crippen molar-refractivity contribution in [3.63, 3.8) is 0 Å². The monoisotopic (exact) mass is 494 g/mol. The van der Waals surface area contributed by atoms with E-state index in [2.05, 4.69) is 13.0 Å². The number of hydrogen-bond acceptors (Lipinski definition) is 4. The lowest BCUT2D eigenvalue weighted by Gasteiger charge is -2.40. The van der Waals surface area contributed by atoms with Crippen LogP contribution in [-0.2, 0) is 4.79 Å². The van der Waals surface area contributed by atoms with Crippen LogP contribution in [0.15, 0.2) is 12.1 Å². The normalized spacial score (nSPS) is 24.8. The first-order valence-electron chi connectivity index (χ1n) is 12.7. The molecule has 0 bridgehead atoms. The number of aromatic carboxylic acids is 1. The van der Waals surface area contributed by atoms with Crippen LogP contribution in [0.1, 0.15) is 85.7 Å². The van der Waals surface area contributed by atoms with Crippen molar-refractivity contribution in [2.45, 2.75) is 83.6 Å². The number of hydrogen-bond donors (Lipinski definition) is 1. The summed E-state index contributed by atoms with van der Waals surface area (Å²) in [6.45, 7) is 2.94. The fourth-order valence-electron chi connectivity index (χ4n) is 5.69. The van der Waals surface area contributed by atoms with Gasteiger partial charge in [-0.3, -0.25) is 9.69 Å². The van der Waals surface area contributed by atoms with E-state index in [0.717, 1.165) is 56.2 Å². The van der Waals surface area contributed by atoms with Gasteiger partial charge in [-0.25, -0.2) is 13.6 Å². The van der Waals surface area contributed by atoms with E-state index in [1.165, 1.54) is 16.9 Å². The van der Waals surface area contributed by atoms with Gasteiger partial charge in [-0.2, -0.15) is 0 Å². The SMILES string of the molecule is CC1CCC(C(=O)N(c2cc(C3=CCCCC3)sc2C(=O)O)C2CCN(CC(F)F)CC2)CC1. The summed E-state index contributed by atoms with van der Waals surface area (Å²) in [5.41, 5.74) is 1.69. The zero-order valence-corrected chi connectivity index (χ0v) is 20.8. The highest BCUT2D eigenvalue weighted by atomic mass is 32.1. The maximum Gasteiger partial charge on any atom is 0.348 e. The molecular formula is C26H36F2N2O3S. The van der Waals surface area contributed by atoms with Crippen LogP contribution in [0, 0.1) is 11.8 Å². The number of carbonyl (C=O) groups excluding carboxylic acids is 1. The molecule has 0 atom stereocenters. The third kappa shape index (κ3) is 5.88. The quantitative estimate of drug-likeness (QED) is 0.484. The standard InChI is InChI=1S/C26H36F2N2O3S/c1-17-7-9-19(10-8-17)25(31)30(20-11-13-29(14-12-20)16-23(27)28)21-15-22(34-24(21)26(32)33)18-5-3-2-4-6-18/h5,15,17,19-20,23H,2-4,6-14,16H2,1H3,(H,32,33). The number of nitrogens with zero attached hydrogens (tertiary/aromatic N) is 2. The van der Waals surface area contributed by atoms with Gasteiger partial charge >= 0.3 is 5.97 Å². The fourth-order valence-corrected chi connectivity index (χ4v) is 6.74. The lowest BCUT2D eigenvalue weighted by atomic mass is 9.82. The van der Waals surface area contributed by atoms with Gasteiger partial charge in [-0.15, -0.1) is 11.3 Å². The van der Waals surface area contributed by atoms with Gasteiger partial charge in [0.1, 0.15) is 4.88 Å². The number of halogens is 2. The summed E-state index contributed by atoms with van der Waals surface area (Å²) in [6, 6.07) is 1.75. The second-order valence-electron chi connectivity index (χ2n) is 10.2. The van der Waals surface area contributed by atoms with Crippen LogP contribution in [-0.4, -0.2) is 54.0 Å². The van der Waals surface area contributed by atoms with Crippen molar-refractivity contribution in [2.24, 2.45) is 11.8 Å². The lowest BCUT2D eigenvalue weighted by molar-refractivity contribution is -0.124. The van der Waals surface area contributed by atoms with Crippen LogP contribution in [0.4, 0.5) is 14.5 Å². The topological polar surface area (TPSA) is 60.9 Å². The smallest absolute Gasteiger partial charge is 0.348 e. The Hall–Kier alpha value is -1.80. The molecule has 1 saturated carbocycles. The third-order valence-electron chi connectivity index (χ3n) is 7.69. The molecule has 1 amide bonds. The first-order valence-corrected chi connectivity index (χ1v) is 13.5. The van der Waals surface area contributed by atoms with Crippen LogP contribution >= 0.6 is 11.3 Å². The van der Waals surface area contributed by atoms with Crippen LogP contribution < -0.4 is 4.90 Å². The first kappa shape index (κ1) is 25.3. The van der Waals surface area contributed by atoms with Crippen LogP contribution in [0.5, 0.6) is 0 Å². The maximum atomic E-state index is 13.9. The number of alkyl halides is 2. The summed E-state index contributed by atoms with van der Waals surface area (Å²) >= 11 is 1.27. The minimum Gasteiger partial charge on any atom is -0.477 e. The zero-order chi connectivity index (χ0) is 24.2. The lowest BCUT2D eigenvalue weighted by Crippen LogP contribution is -2.50. The molecule has 0 aromatic carbocycles. The Bertz CT molecular complexity index is 900. The third-order valence-corrected chi connectivity index (χ3v) is 8.88. The molecule has 34 heavy (non-hydrogen) atoms. The van der Waals surface area contributed by atoms with Gasteiger partial charge in [-0.05, 0) is 81.8 Å². The van der Waals surface area contributed by atoms with Crippen LogP contribution in [0.25, 0.3) is 5.57 Å². The Labute approximate surface area is 204 Å². The van der Waals surface area contributed by atoms with Crippen molar-refractivity contribution < 1.29 is 23.5 Å². The number of piperidine rings is 1. The van der Waals surface area contributed by atoms with Gasteiger partial charge in [0.05, 0.1) is 12.2 Å². The number of carboxylic acids is 1. The molecular weight excluding hydrogens is 458 g/mol. The highest BCUT2D eigenvalue weighted by Gasteiger charge is 2.37. The summed E-state index contributed by atoms with van der Waals surface area (Å²) in [6.07, 6.45) is 8.80. The van der Waals surface area contributed by atoms with E-state index in [1.807, 2.05) is 6.07 Å². The molecule has 2 fully saturated rings. The Kier molecular flexibility index (Phi) is 8.40. The second kappa shape index (κ2) is 11.3. The van der Waals surface area contributed by atoms with Crippen molar-refractivity contribution in [2.75, 3.05) is 24.5 Å². The van der Waals surface area contributed by atoms with Crippen molar-refractivity contribution in [3.05, 3.63) is 21.9 Å². The molecule has 3 aliphatic rings. The summed E-state index contributed by atoms with van der Waals surface area (Å²) in [7, 11) is 0. The largest absolute Gasteiger partial charge is 0.477 e. The highest BCUT2D eigenvalue weighted by Crippen LogP contribution is 2.41. The van der Waals surface area contributed by atoms with Gasteiger partial charge in [0.25, 0.3) is 6.43 Å². The molecule has 0 spiro atoms. The van der Waals surface area contributed by atoms with Crippen LogP contribution in [0.3, 0.4) is 0 Å². The number of likely N-dealkylation sites (tertiary alicyclic amines) is 1. The second-order valence-corrected chi connectivity index (χ2v) is 11.2. The van der Waals surface area contributed by atoms with Gasteiger partial charge in [-0.1, -0.05) is 13.0 Å². The van der Waals surface area contributed by atoms with E-state index in [1.54, 1.807) is 9.80 Å². The van der Waals surface area contributed by atoms with E-state index >= 15 is 0 Å². The molecule has 1 aliphatic heterocycles. The predicted molar refractivity (Wildman–Crippen MR) is 132 cm³/mol. The number of carboxylic acid groups (broad SMARTS) is 1. The summed E-state index contributed by atoms with van der Waals surface area (Å²) in [5.74, 6) is -0.485. The Morgan fingerprint density at radius 1 is 1.15 bits per heavy atom. The molecule has 1 N–H and O–H groups in total. The minimum absolute atomic E-state index is 0.0173. The fraction of sp³-hybridized carbons (Fsp3) is 0.692. The molecule has 8 heteroatoms. The van der Waals surface area contributed by atoms with Crippen LogP contribution in [0.2, 0.25) is 0 Å². The number of allylic oxidation sites excluding steroid dienone is 2. The predicted octanol–water partition coefficient (Wildman–Crippen LogP) is 6.29. The van der Waals surface area contributed by atoms with E-state index in [9.17, 15) is 23.5 Å². The van der Waals surface area contributed by atoms with Gasteiger partial charge in [0.15, 0.2) is 0 Å². The number of thiophene rings is 1. The summed E-state index contributed by atoms with van der Waals surface area (Å²) in [5, 5.41) is 10.1. The molecule has 188 valence electrons. The average Bonchev–Trinajstić information content (AvgIpc) is 3.26.